The SMILES string of the molecule is O=C(N/N=C/c1cccc2ncccc12)c1ccccc1. The quantitative estimate of drug-likeness (QED) is 0.590. The molecule has 0 aliphatic heterocycles. The van der Waals surface area contributed by atoms with Crippen LogP contribution in [-0.2, 0) is 0 Å². The fraction of sp³-hybridized carbons (Fsp3) is 0. The number of pyridine rings is 1. The van der Waals surface area contributed by atoms with E-state index in [9.17, 15) is 4.79 Å². The average molecular weight is 275 g/mol. The van der Waals surface area contributed by atoms with Crippen molar-refractivity contribution in [1.82, 2.24) is 10.4 Å². The first-order chi connectivity index (χ1) is 10.3. The molecule has 1 heterocycles. The molecular weight excluding hydrogens is 262 g/mol. The fourth-order valence-electron chi connectivity index (χ4n) is 2.05. The van der Waals surface area contributed by atoms with Crippen molar-refractivity contribution in [2.24, 2.45) is 5.10 Å². The van der Waals surface area contributed by atoms with E-state index in [1.54, 1.807) is 24.5 Å². The zero-order valence-corrected chi connectivity index (χ0v) is 11.2. The van der Waals surface area contributed by atoms with Crippen LogP contribution in [0.3, 0.4) is 0 Å². The van der Waals surface area contributed by atoms with E-state index in [2.05, 4.69) is 15.5 Å². The van der Waals surface area contributed by atoms with Crippen molar-refractivity contribution < 1.29 is 4.79 Å². The minimum atomic E-state index is -0.231. The van der Waals surface area contributed by atoms with Gasteiger partial charge in [-0.15, -0.1) is 0 Å². The van der Waals surface area contributed by atoms with Gasteiger partial charge in [-0.3, -0.25) is 9.78 Å². The lowest BCUT2D eigenvalue weighted by Gasteiger charge is -2.01. The number of benzene rings is 2. The number of carbonyl (C=O) groups excluding carboxylic acids is 1. The highest BCUT2D eigenvalue weighted by Crippen LogP contribution is 2.14. The van der Waals surface area contributed by atoms with Gasteiger partial charge in [0.05, 0.1) is 11.7 Å². The van der Waals surface area contributed by atoms with Gasteiger partial charge in [-0.2, -0.15) is 5.10 Å². The summed E-state index contributed by atoms with van der Waals surface area (Å²) < 4.78 is 0. The second-order valence-corrected chi connectivity index (χ2v) is 4.48. The third kappa shape index (κ3) is 2.95. The molecule has 1 aromatic heterocycles. The molecule has 1 amide bonds. The van der Waals surface area contributed by atoms with E-state index in [0.717, 1.165) is 16.5 Å². The number of nitrogens with zero attached hydrogens (tertiary/aromatic N) is 2. The average Bonchev–Trinajstić information content (AvgIpc) is 2.56. The summed E-state index contributed by atoms with van der Waals surface area (Å²) in [5.74, 6) is -0.231. The number of hydrogen-bond acceptors (Lipinski definition) is 3. The molecule has 3 rings (SSSR count). The van der Waals surface area contributed by atoms with Gasteiger partial charge in [0.2, 0.25) is 0 Å². The molecular formula is C17H13N3O. The van der Waals surface area contributed by atoms with Crippen molar-refractivity contribution in [3.63, 3.8) is 0 Å². The van der Waals surface area contributed by atoms with Crippen LogP contribution in [0.5, 0.6) is 0 Å². The maximum absolute atomic E-state index is 11.9. The summed E-state index contributed by atoms with van der Waals surface area (Å²) in [5.41, 5.74) is 4.91. The van der Waals surface area contributed by atoms with Crippen molar-refractivity contribution >= 4 is 23.0 Å². The lowest BCUT2D eigenvalue weighted by Crippen LogP contribution is -2.17. The number of rotatable bonds is 3. The van der Waals surface area contributed by atoms with Gasteiger partial charge in [0.15, 0.2) is 0 Å². The van der Waals surface area contributed by atoms with Gasteiger partial charge in [-0.1, -0.05) is 36.4 Å². The van der Waals surface area contributed by atoms with Crippen molar-refractivity contribution in [3.05, 3.63) is 78.0 Å². The Hall–Kier alpha value is -3.01. The minimum Gasteiger partial charge on any atom is -0.267 e. The lowest BCUT2D eigenvalue weighted by molar-refractivity contribution is 0.0955. The molecule has 1 N–H and O–H groups in total. The predicted molar refractivity (Wildman–Crippen MR) is 83.2 cm³/mol. The number of carbonyl (C=O) groups is 1. The van der Waals surface area contributed by atoms with Gasteiger partial charge >= 0.3 is 0 Å². The molecule has 0 saturated carbocycles. The van der Waals surface area contributed by atoms with E-state index in [1.807, 2.05) is 48.5 Å². The van der Waals surface area contributed by atoms with Crippen molar-refractivity contribution in [2.75, 3.05) is 0 Å². The highest BCUT2D eigenvalue weighted by molar-refractivity contribution is 5.99. The van der Waals surface area contributed by atoms with E-state index in [4.69, 9.17) is 0 Å². The molecule has 4 heteroatoms. The van der Waals surface area contributed by atoms with Gasteiger partial charge in [0, 0.05) is 22.7 Å². The molecule has 102 valence electrons. The highest BCUT2D eigenvalue weighted by atomic mass is 16.2. The Balaban J connectivity index is 1.78. The predicted octanol–water partition coefficient (Wildman–Crippen LogP) is 3.00. The maximum atomic E-state index is 11.9. The zero-order chi connectivity index (χ0) is 14.5. The molecule has 0 fully saturated rings. The summed E-state index contributed by atoms with van der Waals surface area (Å²) in [6, 6.07) is 18.6. The zero-order valence-electron chi connectivity index (χ0n) is 11.2. The Labute approximate surface area is 122 Å². The number of fused-ring (bicyclic) bond motifs is 1. The molecule has 3 aromatic rings. The van der Waals surface area contributed by atoms with Crippen LogP contribution in [0.1, 0.15) is 15.9 Å². The van der Waals surface area contributed by atoms with Crippen LogP contribution in [0.4, 0.5) is 0 Å². The molecule has 0 unspecified atom stereocenters. The molecule has 21 heavy (non-hydrogen) atoms. The molecule has 2 aromatic carbocycles. The van der Waals surface area contributed by atoms with E-state index >= 15 is 0 Å². The fourth-order valence-corrected chi connectivity index (χ4v) is 2.05. The first kappa shape index (κ1) is 13.0. The lowest BCUT2D eigenvalue weighted by atomic mass is 10.1. The number of nitrogens with one attached hydrogen (secondary N) is 1. The molecule has 0 atom stereocenters. The normalized spacial score (nSPS) is 10.9. The van der Waals surface area contributed by atoms with Crippen molar-refractivity contribution in [1.29, 1.82) is 0 Å². The van der Waals surface area contributed by atoms with Crippen molar-refractivity contribution in [3.8, 4) is 0 Å². The Morgan fingerprint density at radius 3 is 2.71 bits per heavy atom. The Kier molecular flexibility index (Phi) is 3.69. The van der Waals surface area contributed by atoms with Gasteiger partial charge in [0.25, 0.3) is 5.91 Å². The third-order valence-electron chi connectivity index (χ3n) is 3.09. The second kappa shape index (κ2) is 5.96. The first-order valence-corrected chi connectivity index (χ1v) is 6.57. The minimum absolute atomic E-state index is 0.231. The van der Waals surface area contributed by atoms with Crippen LogP contribution in [0.2, 0.25) is 0 Å². The number of hydrogen-bond donors (Lipinski definition) is 1. The van der Waals surface area contributed by atoms with Crippen LogP contribution < -0.4 is 5.43 Å². The second-order valence-electron chi connectivity index (χ2n) is 4.48. The summed E-state index contributed by atoms with van der Waals surface area (Å²) in [6.07, 6.45) is 3.38. The highest BCUT2D eigenvalue weighted by Gasteiger charge is 2.02. The summed E-state index contributed by atoms with van der Waals surface area (Å²) in [5, 5.41) is 5.01. The summed E-state index contributed by atoms with van der Waals surface area (Å²) in [4.78, 5) is 16.1. The van der Waals surface area contributed by atoms with Gasteiger partial charge in [-0.25, -0.2) is 5.43 Å². The number of aromatic nitrogens is 1. The van der Waals surface area contributed by atoms with Gasteiger partial charge in [0.1, 0.15) is 0 Å². The van der Waals surface area contributed by atoms with Crippen LogP contribution in [0.25, 0.3) is 10.9 Å². The number of amides is 1. The monoisotopic (exact) mass is 275 g/mol. The Bertz CT molecular complexity index is 792. The molecule has 0 radical (unpaired) electrons. The molecule has 0 saturated heterocycles. The first-order valence-electron chi connectivity index (χ1n) is 6.57. The summed E-state index contributed by atoms with van der Waals surface area (Å²) in [7, 11) is 0. The molecule has 0 bridgehead atoms. The van der Waals surface area contributed by atoms with E-state index in [-0.39, 0.29) is 5.91 Å². The van der Waals surface area contributed by atoms with E-state index in [1.165, 1.54) is 0 Å². The maximum Gasteiger partial charge on any atom is 0.271 e. The Morgan fingerprint density at radius 2 is 1.86 bits per heavy atom. The number of hydrazone groups is 1. The van der Waals surface area contributed by atoms with Crippen LogP contribution in [0.15, 0.2) is 72.0 Å². The van der Waals surface area contributed by atoms with E-state index in [0.29, 0.717) is 5.56 Å². The molecule has 0 aliphatic carbocycles. The van der Waals surface area contributed by atoms with Crippen LogP contribution >= 0.6 is 0 Å². The van der Waals surface area contributed by atoms with E-state index < -0.39 is 0 Å². The largest absolute Gasteiger partial charge is 0.271 e. The Morgan fingerprint density at radius 1 is 1.00 bits per heavy atom. The van der Waals surface area contributed by atoms with Gasteiger partial charge in [-0.05, 0) is 24.3 Å². The topological polar surface area (TPSA) is 54.4 Å². The molecule has 0 aliphatic rings. The van der Waals surface area contributed by atoms with Crippen LogP contribution in [0, 0.1) is 0 Å². The van der Waals surface area contributed by atoms with Crippen molar-refractivity contribution in [2.45, 2.75) is 0 Å². The summed E-state index contributed by atoms with van der Waals surface area (Å²) >= 11 is 0. The third-order valence-corrected chi connectivity index (χ3v) is 3.09. The summed E-state index contributed by atoms with van der Waals surface area (Å²) in [6.45, 7) is 0. The molecule has 0 spiro atoms. The van der Waals surface area contributed by atoms with Gasteiger partial charge < -0.3 is 0 Å². The molecule has 4 nitrogen and oxygen atoms in total. The smallest absolute Gasteiger partial charge is 0.267 e. The van der Waals surface area contributed by atoms with Crippen LogP contribution in [-0.4, -0.2) is 17.1 Å². The standard InChI is InChI=1S/C17H13N3O/c21-17(13-6-2-1-3-7-13)20-19-12-14-8-4-10-16-15(14)9-5-11-18-16/h1-12H,(H,20,21)/b19-12+.